The zero-order valence-electron chi connectivity index (χ0n) is 12.1. The minimum absolute atomic E-state index is 0.0335. The molecule has 1 fully saturated rings. The molecule has 0 saturated carbocycles. The van der Waals surface area contributed by atoms with Crippen molar-refractivity contribution < 1.29 is 9.53 Å². The van der Waals surface area contributed by atoms with Gasteiger partial charge in [-0.25, -0.2) is 0 Å². The second kappa shape index (κ2) is 6.45. The highest BCUT2D eigenvalue weighted by Gasteiger charge is 2.22. The number of nitrogens with two attached hydrogens (primary N) is 1. The summed E-state index contributed by atoms with van der Waals surface area (Å²) in [4.78, 5) is 17.5. The molecular formula is C14H22N4O2. The van der Waals surface area contributed by atoms with Crippen LogP contribution in [0.15, 0.2) is 12.1 Å². The number of nitrogens with zero attached hydrogens (tertiary/aromatic N) is 2. The topological polar surface area (TPSA) is 80.5 Å². The number of methoxy groups -OCH3 is 1. The second-order valence-corrected chi connectivity index (χ2v) is 5.13. The van der Waals surface area contributed by atoms with Gasteiger partial charge >= 0.3 is 0 Å². The Hall–Kier alpha value is -1.98. The number of nitrogen functional groups attached to an aromatic ring is 1. The summed E-state index contributed by atoms with van der Waals surface area (Å²) in [5, 5.41) is 2.88. The first-order valence-corrected chi connectivity index (χ1v) is 6.90. The number of hydrogen-bond donors (Lipinski definition) is 2. The lowest BCUT2D eigenvalue weighted by Gasteiger charge is -2.33. The third-order valence-electron chi connectivity index (χ3n) is 3.64. The largest absolute Gasteiger partial charge is 0.481 e. The fourth-order valence-corrected chi connectivity index (χ4v) is 2.45. The Labute approximate surface area is 119 Å². The predicted octanol–water partition coefficient (Wildman–Crippen LogP) is 1.02. The van der Waals surface area contributed by atoms with E-state index in [2.05, 4.69) is 15.2 Å². The second-order valence-electron chi connectivity index (χ2n) is 5.13. The Balaban J connectivity index is 1.95. The summed E-state index contributed by atoms with van der Waals surface area (Å²) in [6.45, 7) is 4.10. The summed E-state index contributed by atoms with van der Waals surface area (Å²) in [7, 11) is 1.60. The van der Waals surface area contributed by atoms with Gasteiger partial charge in [0.2, 0.25) is 11.8 Å². The molecule has 1 aliphatic rings. The minimum atomic E-state index is 0.0335. The molecule has 3 N–H and O–H groups in total. The monoisotopic (exact) mass is 278 g/mol. The SMILES string of the molecule is COc1ccc(N)c(N2CCC(CNC(C)=O)CC2)n1. The quantitative estimate of drug-likeness (QED) is 0.859. The van der Waals surface area contributed by atoms with Crippen molar-refractivity contribution in [2.24, 2.45) is 5.92 Å². The maximum Gasteiger partial charge on any atom is 0.216 e. The molecule has 1 aromatic rings. The van der Waals surface area contributed by atoms with Crippen LogP contribution in [0.5, 0.6) is 5.88 Å². The number of ether oxygens (including phenoxy) is 1. The molecule has 0 radical (unpaired) electrons. The van der Waals surface area contributed by atoms with Crippen molar-refractivity contribution in [1.82, 2.24) is 10.3 Å². The highest BCUT2D eigenvalue weighted by atomic mass is 16.5. The Bertz CT molecular complexity index is 470. The van der Waals surface area contributed by atoms with Crippen LogP contribution >= 0.6 is 0 Å². The van der Waals surface area contributed by atoms with Crippen LogP contribution in [0.2, 0.25) is 0 Å². The number of nitrogens with one attached hydrogen (secondary N) is 1. The van der Waals surface area contributed by atoms with Gasteiger partial charge in [-0.2, -0.15) is 4.98 Å². The van der Waals surface area contributed by atoms with E-state index in [0.717, 1.165) is 38.3 Å². The van der Waals surface area contributed by atoms with E-state index < -0.39 is 0 Å². The van der Waals surface area contributed by atoms with E-state index in [-0.39, 0.29) is 5.91 Å². The number of hydrogen-bond acceptors (Lipinski definition) is 5. The average Bonchev–Trinajstić information content (AvgIpc) is 2.46. The van der Waals surface area contributed by atoms with E-state index in [4.69, 9.17) is 10.5 Å². The zero-order valence-corrected chi connectivity index (χ0v) is 12.1. The van der Waals surface area contributed by atoms with Crippen molar-refractivity contribution >= 4 is 17.4 Å². The van der Waals surface area contributed by atoms with Crippen LogP contribution in [-0.4, -0.2) is 37.6 Å². The van der Waals surface area contributed by atoms with Gasteiger partial charge in [-0.05, 0) is 24.8 Å². The summed E-state index contributed by atoms with van der Waals surface area (Å²) < 4.78 is 5.15. The van der Waals surface area contributed by atoms with Crippen LogP contribution in [0, 0.1) is 5.92 Å². The highest BCUT2D eigenvalue weighted by molar-refractivity contribution is 5.72. The maximum absolute atomic E-state index is 10.9. The van der Waals surface area contributed by atoms with Gasteiger partial charge in [-0.3, -0.25) is 4.79 Å². The summed E-state index contributed by atoms with van der Waals surface area (Å²) in [5.74, 6) is 1.94. The van der Waals surface area contributed by atoms with E-state index in [1.807, 2.05) is 6.07 Å². The van der Waals surface area contributed by atoms with E-state index in [1.54, 1.807) is 20.1 Å². The molecule has 6 nitrogen and oxygen atoms in total. The predicted molar refractivity (Wildman–Crippen MR) is 78.8 cm³/mol. The van der Waals surface area contributed by atoms with Gasteiger partial charge in [-0.15, -0.1) is 0 Å². The fourth-order valence-electron chi connectivity index (χ4n) is 2.45. The number of anilines is 2. The number of rotatable bonds is 4. The molecule has 20 heavy (non-hydrogen) atoms. The molecule has 1 aromatic heterocycles. The van der Waals surface area contributed by atoms with Crippen molar-refractivity contribution in [3.63, 3.8) is 0 Å². The van der Waals surface area contributed by atoms with Crippen LogP contribution in [0.3, 0.4) is 0 Å². The van der Waals surface area contributed by atoms with Gasteiger partial charge < -0.3 is 20.7 Å². The van der Waals surface area contributed by atoms with Crippen molar-refractivity contribution in [3.8, 4) is 5.88 Å². The molecule has 110 valence electrons. The van der Waals surface area contributed by atoms with Crippen LogP contribution in [0.25, 0.3) is 0 Å². The molecule has 0 aromatic carbocycles. The minimum Gasteiger partial charge on any atom is -0.481 e. The van der Waals surface area contributed by atoms with E-state index >= 15 is 0 Å². The van der Waals surface area contributed by atoms with Crippen molar-refractivity contribution in [1.29, 1.82) is 0 Å². The average molecular weight is 278 g/mol. The standard InChI is InChI=1S/C14H22N4O2/c1-10(19)16-9-11-5-7-18(8-6-11)14-12(15)3-4-13(17-14)20-2/h3-4,11H,5-9,15H2,1-2H3,(H,16,19). The number of amides is 1. The van der Waals surface area contributed by atoms with Gasteiger partial charge in [0, 0.05) is 32.6 Å². The van der Waals surface area contributed by atoms with Crippen LogP contribution in [-0.2, 0) is 4.79 Å². The molecule has 0 spiro atoms. The maximum atomic E-state index is 10.9. The summed E-state index contributed by atoms with van der Waals surface area (Å²) in [5.41, 5.74) is 6.66. The number of carbonyl (C=O) groups excluding carboxylic acids is 1. The van der Waals surface area contributed by atoms with Crippen LogP contribution < -0.4 is 20.7 Å². The summed E-state index contributed by atoms with van der Waals surface area (Å²) in [6, 6.07) is 3.59. The van der Waals surface area contributed by atoms with Crippen LogP contribution in [0.4, 0.5) is 11.5 Å². The molecule has 2 rings (SSSR count). The molecule has 1 aliphatic heterocycles. The molecule has 1 saturated heterocycles. The smallest absolute Gasteiger partial charge is 0.216 e. The van der Waals surface area contributed by atoms with Crippen molar-refractivity contribution in [2.45, 2.75) is 19.8 Å². The van der Waals surface area contributed by atoms with Crippen molar-refractivity contribution in [3.05, 3.63) is 12.1 Å². The zero-order chi connectivity index (χ0) is 14.5. The number of pyridine rings is 1. The summed E-state index contributed by atoms with van der Waals surface area (Å²) >= 11 is 0. The summed E-state index contributed by atoms with van der Waals surface area (Å²) in [6.07, 6.45) is 2.05. The molecular weight excluding hydrogens is 256 g/mol. The van der Waals surface area contributed by atoms with Crippen LogP contribution in [0.1, 0.15) is 19.8 Å². The molecule has 0 atom stereocenters. The lowest BCUT2D eigenvalue weighted by molar-refractivity contribution is -0.119. The van der Waals surface area contributed by atoms with Gasteiger partial charge in [-0.1, -0.05) is 0 Å². The fraction of sp³-hybridized carbons (Fsp3) is 0.571. The first-order valence-electron chi connectivity index (χ1n) is 6.90. The van der Waals surface area contributed by atoms with E-state index in [1.165, 1.54) is 0 Å². The number of piperidine rings is 1. The number of aromatic nitrogens is 1. The highest BCUT2D eigenvalue weighted by Crippen LogP contribution is 2.27. The lowest BCUT2D eigenvalue weighted by Crippen LogP contribution is -2.38. The Kier molecular flexibility index (Phi) is 4.65. The Morgan fingerprint density at radius 3 is 2.80 bits per heavy atom. The first-order chi connectivity index (χ1) is 9.60. The van der Waals surface area contributed by atoms with Gasteiger partial charge in [0.05, 0.1) is 12.8 Å². The molecule has 6 heteroatoms. The van der Waals surface area contributed by atoms with Gasteiger partial charge in [0.15, 0.2) is 5.82 Å². The molecule has 0 bridgehead atoms. The third kappa shape index (κ3) is 3.53. The van der Waals surface area contributed by atoms with E-state index in [0.29, 0.717) is 17.5 Å². The molecule has 0 unspecified atom stereocenters. The van der Waals surface area contributed by atoms with E-state index in [9.17, 15) is 4.79 Å². The number of carbonyl (C=O) groups is 1. The Morgan fingerprint density at radius 2 is 2.20 bits per heavy atom. The molecule has 0 aliphatic carbocycles. The van der Waals surface area contributed by atoms with Crippen molar-refractivity contribution in [2.75, 3.05) is 37.4 Å². The molecule has 2 heterocycles. The third-order valence-corrected chi connectivity index (χ3v) is 3.64. The van der Waals surface area contributed by atoms with Gasteiger partial charge in [0.1, 0.15) is 0 Å². The normalized spacial score (nSPS) is 16.0. The Morgan fingerprint density at radius 1 is 1.50 bits per heavy atom. The lowest BCUT2D eigenvalue weighted by atomic mass is 9.96. The van der Waals surface area contributed by atoms with Gasteiger partial charge in [0.25, 0.3) is 0 Å². The molecule has 1 amide bonds. The first kappa shape index (κ1) is 14.4.